The van der Waals surface area contributed by atoms with Crippen LogP contribution >= 0.6 is 0 Å². The lowest BCUT2D eigenvalue weighted by Crippen LogP contribution is -3.23. The summed E-state index contributed by atoms with van der Waals surface area (Å²) in [4.78, 5) is 0. The monoisotopic (exact) mass is 249 g/mol. The average Bonchev–Trinajstić information content (AvgIpc) is 2.26. The van der Waals surface area contributed by atoms with E-state index >= 15 is 0 Å². The van der Waals surface area contributed by atoms with Crippen molar-refractivity contribution in [1.82, 2.24) is 0 Å². The molecule has 18 heavy (non-hydrogen) atoms. The van der Waals surface area contributed by atoms with Crippen LogP contribution in [-0.2, 0) is 0 Å². The van der Waals surface area contributed by atoms with E-state index < -0.39 is 0 Å². The highest BCUT2D eigenvalue weighted by Crippen LogP contribution is 2.27. The Morgan fingerprint density at radius 1 is 1.06 bits per heavy atom. The van der Waals surface area contributed by atoms with Crippen LogP contribution in [0.2, 0.25) is 0 Å². The van der Waals surface area contributed by atoms with E-state index in [0.717, 1.165) is 18.6 Å². The third-order valence-electron chi connectivity index (χ3n) is 3.75. The first-order chi connectivity index (χ1) is 8.31. The molecular formula is C15H23NO2. The zero-order chi connectivity index (χ0) is 13.4. The molecule has 0 amide bonds. The van der Waals surface area contributed by atoms with Crippen LogP contribution in [0.25, 0.3) is 0 Å². The minimum atomic E-state index is -0.290. The number of rotatable bonds is 2. The summed E-state index contributed by atoms with van der Waals surface area (Å²) in [5.41, 5.74) is -0.581. The second kappa shape index (κ2) is 4.56. The molecule has 0 aliphatic carbocycles. The first-order valence-corrected chi connectivity index (χ1v) is 6.58. The van der Waals surface area contributed by atoms with E-state index in [1.54, 1.807) is 0 Å². The Morgan fingerprint density at radius 3 is 2.06 bits per heavy atom. The summed E-state index contributed by atoms with van der Waals surface area (Å²) in [5, 5.41) is 12.7. The number of quaternary nitrogens is 1. The van der Waals surface area contributed by atoms with Gasteiger partial charge in [-0.15, -0.1) is 0 Å². The standard InChI is InChI=1S/C15H23NO2/c1-14(2)10-13(11-15(3,4)16(14)17)18-12-8-6-5-7-9-12/h5-9,13,16H,10-11H2,1-4H3. The molecule has 3 heteroatoms. The molecule has 2 rings (SSSR count). The third-order valence-corrected chi connectivity index (χ3v) is 3.75. The summed E-state index contributed by atoms with van der Waals surface area (Å²) in [7, 11) is 0. The number of para-hydroxylation sites is 1. The van der Waals surface area contributed by atoms with Crippen LogP contribution in [0, 0.1) is 5.21 Å². The predicted molar refractivity (Wildman–Crippen MR) is 72.6 cm³/mol. The molecule has 0 bridgehead atoms. The summed E-state index contributed by atoms with van der Waals surface area (Å²) >= 11 is 0. The molecule has 0 saturated carbocycles. The average molecular weight is 249 g/mol. The second-order valence-corrected chi connectivity index (χ2v) is 6.56. The van der Waals surface area contributed by atoms with Gasteiger partial charge in [0.2, 0.25) is 0 Å². The SMILES string of the molecule is CC1(C)CC(Oc2ccccc2)CC(C)(C)[NH+]1[O-]. The smallest absolute Gasteiger partial charge is 0.119 e. The molecule has 0 unspecified atom stereocenters. The third kappa shape index (κ3) is 2.68. The lowest BCUT2D eigenvalue weighted by atomic mass is 9.80. The van der Waals surface area contributed by atoms with Crippen LogP contribution in [0.15, 0.2) is 30.3 Å². The predicted octanol–water partition coefficient (Wildman–Crippen LogP) is 2.17. The molecule has 0 atom stereocenters. The molecule has 1 N–H and O–H groups in total. The molecule has 0 aromatic heterocycles. The number of piperidine rings is 1. The van der Waals surface area contributed by atoms with E-state index in [1.165, 1.54) is 0 Å². The van der Waals surface area contributed by atoms with Gasteiger partial charge in [0.1, 0.15) is 11.9 Å². The maximum Gasteiger partial charge on any atom is 0.119 e. The first kappa shape index (κ1) is 13.4. The van der Waals surface area contributed by atoms with Crippen molar-refractivity contribution < 1.29 is 9.80 Å². The highest BCUT2D eigenvalue weighted by atomic mass is 16.5. The van der Waals surface area contributed by atoms with Gasteiger partial charge in [-0.05, 0) is 39.8 Å². The van der Waals surface area contributed by atoms with Crippen molar-refractivity contribution >= 4 is 0 Å². The van der Waals surface area contributed by atoms with Gasteiger partial charge in [-0.2, -0.15) is 0 Å². The molecule has 1 aromatic rings. The number of benzene rings is 1. The fourth-order valence-corrected chi connectivity index (χ4v) is 3.09. The lowest BCUT2D eigenvalue weighted by Gasteiger charge is -2.54. The highest BCUT2D eigenvalue weighted by Gasteiger charge is 2.46. The maximum atomic E-state index is 12.3. The minimum Gasteiger partial charge on any atom is -0.634 e. The molecule has 1 fully saturated rings. The Hall–Kier alpha value is -1.06. The van der Waals surface area contributed by atoms with E-state index in [0.29, 0.717) is 5.06 Å². The van der Waals surface area contributed by atoms with Crippen LogP contribution in [0.5, 0.6) is 5.75 Å². The molecule has 100 valence electrons. The number of nitrogens with one attached hydrogen (secondary N) is 1. The zero-order valence-corrected chi connectivity index (χ0v) is 11.7. The quantitative estimate of drug-likeness (QED) is 0.816. The highest BCUT2D eigenvalue weighted by molar-refractivity contribution is 5.21. The summed E-state index contributed by atoms with van der Waals surface area (Å²) in [6.45, 7) is 8.10. The molecule has 1 aromatic carbocycles. The van der Waals surface area contributed by atoms with E-state index in [9.17, 15) is 5.21 Å². The Labute approximate surface area is 109 Å². The van der Waals surface area contributed by atoms with E-state index in [-0.39, 0.29) is 17.2 Å². The molecule has 0 spiro atoms. The number of hydrogen-bond acceptors (Lipinski definition) is 2. The topological polar surface area (TPSA) is 36.7 Å². The Bertz CT molecular complexity index is 382. The van der Waals surface area contributed by atoms with Gasteiger partial charge in [-0.1, -0.05) is 18.2 Å². The van der Waals surface area contributed by atoms with Crippen molar-refractivity contribution in [3.8, 4) is 5.75 Å². The van der Waals surface area contributed by atoms with Crippen LogP contribution in [0.3, 0.4) is 0 Å². The first-order valence-electron chi connectivity index (χ1n) is 6.58. The van der Waals surface area contributed by atoms with Gasteiger partial charge in [0, 0.05) is 12.8 Å². The van der Waals surface area contributed by atoms with Crippen molar-refractivity contribution in [2.45, 2.75) is 57.7 Å². The van der Waals surface area contributed by atoms with Crippen molar-refractivity contribution in [2.75, 3.05) is 0 Å². The van der Waals surface area contributed by atoms with Crippen molar-refractivity contribution in [3.63, 3.8) is 0 Å². The van der Waals surface area contributed by atoms with Gasteiger partial charge in [0.05, 0.1) is 11.1 Å². The molecule has 0 radical (unpaired) electrons. The number of hydroxylamine groups is 2. The van der Waals surface area contributed by atoms with Gasteiger partial charge in [-0.3, -0.25) is 0 Å². The molecule has 3 nitrogen and oxygen atoms in total. The van der Waals surface area contributed by atoms with Gasteiger partial charge in [-0.25, -0.2) is 0 Å². The Balaban J connectivity index is 2.12. The van der Waals surface area contributed by atoms with Crippen molar-refractivity contribution in [1.29, 1.82) is 0 Å². The summed E-state index contributed by atoms with van der Waals surface area (Å²) in [6.07, 6.45) is 1.71. The largest absolute Gasteiger partial charge is 0.634 e. The van der Waals surface area contributed by atoms with Gasteiger partial charge >= 0.3 is 0 Å². The summed E-state index contributed by atoms with van der Waals surface area (Å²) in [5.74, 6) is 0.892. The van der Waals surface area contributed by atoms with E-state index in [2.05, 4.69) is 0 Å². The molecule has 1 heterocycles. The zero-order valence-electron chi connectivity index (χ0n) is 11.7. The van der Waals surface area contributed by atoms with Crippen molar-refractivity contribution in [3.05, 3.63) is 35.5 Å². The normalized spacial score (nSPS) is 29.8. The fraction of sp³-hybridized carbons (Fsp3) is 0.600. The molecular weight excluding hydrogens is 226 g/mol. The van der Waals surface area contributed by atoms with Crippen LogP contribution in [-0.4, -0.2) is 17.2 Å². The van der Waals surface area contributed by atoms with Crippen molar-refractivity contribution in [2.24, 2.45) is 0 Å². The molecule has 1 aliphatic rings. The Kier molecular flexibility index (Phi) is 3.39. The van der Waals surface area contributed by atoms with Gasteiger partial charge < -0.3 is 15.0 Å². The van der Waals surface area contributed by atoms with Crippen LogP contribution < -0.4 is 9.80 Å². The van der Waals surface area contributed by atoms with Crippen LogP contribution in [0.4, 0.5) is 0 Å². The summed E-state index contributed by atoms with van der Waals surface area (Å²) < 4.78 is 6.02. The molecule has 1 saturated heterocycles. The lowest BCUT2D eigenvalue weighted by molar-refractivity contribution is -0.956. The van der Waals surface area contributed by atoms with E-state index in [1.807, 2.05) is 58.0 Å². The number of hydrogen-bond donors (Lipinski definition) is 1. The van der Waals surface area contributed by atoms with Gasteiger partial charge in [0.25, 0.3) is 0 Å². The fourth-order valence-electron chi connectivity index (χ4n) is 3.09. The summed E-state index contributed by atoms with van der Waals surface area (Å²) in [6, 6.07) is 9.86. The number of ether oxygens (including phenoxy) is 1. The van der Waals surface area contributed by atoms with Crippen LogP contribution in [0.1, 0.15) is 40.5 Å². The van der Waals surface area contributed by atoms with E-state index in [4.69, 9.17) is 4.74 Å². The van der Waals surface area contributed by atoms with Gasteiger partial charge in [0.15, 0.2) is 0 Å². The molecule has 1 aliphatic heterocycles. The maximum absolute atomic E-state index is 12.3. The Morgan fingerprint density at radius 2 is 1.56 bits per heavy atom. The second-order valence-electron chi connectivity index (χ2n) is 6.56. The minimum absolute atomic E-state index is 0.120.